The third kappa shape index (κ3) is 5.03. The van der Waals surface area contributed by atoms with Crippen LogP contribution in [0.15, 0.2) is 35.6 Å². The molecular weight excluding hydrogens is 443 g/mol. The van der Waals surface area contributed by atoms with Crippen LogP contribution in [0.25, 0.3) is 5.65 Å². The van der Waals surface area contributed by atoms with Gasteiger partial charge in [-0.05, 0) is 43.2 Å². The maximum atomic E-state index is 13.0. The number of urea groups is 1. The van der Waals surface area contributed by atoms with Gasteiger partial charge in [0.15, 0.2) is 10.8 Å². The Balaban J connectivity index is 1.64. The number of amides is 3. The summed E-state index contributed by atoms with van der Waals surface area (Å²) in [5, 5.41) is 12.0. The number of pyridine rings is 1. The lowest BCUT2D eigenvalue weighted by molar-refractivity contribution is -0.137. The van der Waals surface area contributed by atoms with Gasteiger partial charge in [0.05, 0.1) is 16.3 Å². The quantitative estimate of drug-likeness (QED) is 0.565. The average molecular weight is 458 g/mol. The number of carbonyl (C=O) groups excluding carboxylic acids is 2. The summed E-state index contributed by atoms with van der Waals surface area (Å²) in [6, 6.07) is 5.32. The number of benzene rings is 1. The molecule has 0 unspecified atom stereocenters. The smallest absolute Gasteiger partial charge is 0.308 e. The monoisotopic (exact) mass is 457 g/mol. The van der Waals surface area contributed by atoms with Gasteiger partial charge in [-0.25, -0.2) is 4.79 Å². The Hall–Kier alpha value is -2.79. The summed E-state index contributed by atoms with van der Waals surface area (Å²) in [5.41, 5.74) is 1.61. The molecule has 0 saturated carbocycles. The average Bonchev–Trinajstić information content (AvgIpc) is 3.06. The van der Waals surface area contributed by atoms with E-state index >= 15 is 0 Å². The molecule has 0 fully saturated rings. The zero-order chi connectivity index (χ0) is 22.1. The van der Waals surface area contributed by atoms with Crippen molar-refractivity contribution in [3.63, 3.8) is 0 Å². The number of nitrogens with zero attached hydrogens (tertiary/aromatic N) is 3. The van der Waals surface area contributed by atoms with Crippen LogP contribution in [0.5, 0.6) is 0 Å². The topological polar surface area (TPSA) is 88.4 Å². The third-order valence-electron chi connectivity index (χ3n) is 4.11. The van der Waals surface area contributed by atoms with Crippen LogP contribution in [-0.2, 0) is 11.0 Å². The number of alkyl halides is 3. The van der Waals surface area contributed by atoms with Crippen LogP contribution in [0.3, 0.4) is 0 Å². The van der Waals surface area contributed by atoms with Crippen molar-refractivity contribution in [3.8, 4) is 0 Å². The second-order valence-corrected chi connectivity index (χ2v) is 7.69. The predicted molar refractivity (Wildman–Crippen MR) is 107 cm³/mol. The normalized spacial score (nSPS) is 11.5. The van der Waals surface area contributed by atoms with Gasteiger partial charge in [0.25, 0.3) is 0 Å². The zero-order valence-electron chi connectivity index (χ0n) is 15.7. The largest absolute Gasteiger partial charge is 0.417 e. The first kappa shape index (κ1) is 21.9. The first-order valence-corrected chi connectivity index (χ1v) is 9.83. The maximum Gasteiger partial charge on any atom is 0.417 e. The summed E-state index contributed by atoms with van der Waals surface area (Å²) in [6.45, 7) is 3.82. The molecule has 3 rings (SSSR count). The predicted octanol–water partition coefficient (Wildman–Crippen LogP) is 4.46. The Morgan fingerprint density at radius 3 is 2.57 bits per heavy atom. The molecule has 3 amide bonds. The molecule has 158 valence electrons. The molecular formula is C18H15ClF3N5O2S. The van der Waals surface area contributed by atoms with Crippen LogP contribution in [0, 0.1) is 13.8 Å². The van der Waals surface area contributed by atoms with Crippen molar-refractivity contribution in [2.24, 2.45) is 0 Å². The van der Waals surface area contributed by atoms with Gasteiger partial charge < -0.3 is 5.32 Å². The summed E-state index contributed by atoms with van der Waals surface area (Å²) in [4.78, 5) is 24.0. The Morgan fingerprint density at radius 1 is 1.17 bits per heavy atom. The first-order valence-electron chi connectivity index (χ1n) is 8.47. The fraction of sp³-hybridized carbons (Fsp3) is 0.222. The van der Waals surface area contributed by atoms with Crippen molar-refractivity contribution in [3.05, 3.63) is 52.2 Å². The number of aromatic nitrogens is 3. The molecule has 0 aliphatic rings. The number of hydrogen-bond acceptors (Lipinski definition) is 5. The van der Waals surface area contributed by atoms with Crippen molar-refractivity contribution in [1.82, 2.24) is 19.9 Å². The minimum Gasteiger partial charge on any atom is -0.308 e. The first-order chi connectivity index (χ1) is 14.0. The second kappa shape index (κ2) is 8.52. The van der Waals surface area contributed by atoms with Gasteiger partial charge in [-0.15, -0.1) is 10.2 Å². The second-order valence-electron chi connectivity index (χ2n) is 6.34. The van der Waals surface area contributed by atoms with Gasteiger partial charge in [0.2, 0.25) is 5.91 Å². The van der Waals surface area contributed by atoms with E-state index in [1.54, 1.807) is 12.1 Å². The number of aryl methyl sites for hydroxylation is 2. The zero-order valence-corrected chi connectivity index (χ0v) is 17.2. The van der Waals surface area contributed by atoms with E-state index in [1.807, 2.05) is 19.9 Å². The van der Waals surface area contributed by atoms with Crippen LogP contribution in [0.1, 0.15) is 16.7 Å². The molecule has 0 bridgehead atoms. The number of rotatable bonds is 4. The van der Waals surface area contributed by atoms with Crippen molar-refractivity contribution >= 4 is 46.6 Å². The standard InChI is InChI=1S/C18H15ClF3N5O2S/c1-9-3-4-12(5-10(9)2)23-16(29)24-14(28)8-30-17-26-25-15-13(19)6-11(7-27(15)17)18(20,21)22/h3-7H,8H2,1-2H3,(H2,23,24,28,29). The van der Waals surface area contributed by atoms with Gasteiger partial charge in [-0.1, -0.05) is 29.4 Å². The summed E-state index contributed by atoms with van der Waals surface area (Å²) in [5.74, 6) is -0.925. The lowest BCUT2D eigenvalue weighted by Gasteiger charge is -2.09. The number of nitrogens with one attached hydrogen (secondary N) is 2. The maximum absolute atomic E-state index is 13.0. The minimum absolute atomic E-state index is 0.0278. The van der Waals surface area contributed by atoms with Gasteiger partial charge >= 0.3 is 12.2 Å². The number of imide groups is 1. The summed E-state index contributed by atoms with van der Waals surface area (Å²) in [7, 11) is 0. The number of fused-ring (bicyclic) bond motifs is 1. The Bertz CT molecular complexity index is 1130. The van der Waals surface area contributed by atoms with Gasteiger partial charge in [0, 0.05) is 11.9 Å². The van der Waals surface area contributed by atoms with Crippen molar-refractivity contribution < 1.29 is 22.8 Å². The molecule has 2 aromatic heterocycles. The molecule has 0 atom stereocenters. The summed E-state index contributed by atoms with van der Waals surface area (Å²) < 4.78 is 40.0. The molecule has 30 heavy (non-hydrogen) atoms. The summed E-state index contributed by atoms with van der Waals surface area (Å²) >= 11 is 6.66. The van der Waals surface area contributed by atoms with E-state index in [2.05, 4.69) is 20.8 Å². The Morgan fingerprint density at radius 2 is 1.90 bits per heavy atom. The molecule has 0 aliphatic heterocycles. The highest BCUT2D eigenvalue weighted by atomic mass is 35.5. The van der Waals surface area contributed by atoms with E-state index in [4.69, 9.17) is 11.6 Å². The van der Waals surface area contributed by atoms with E-state index in [1.165, 1.54) is 0 Å². The third-order valence-corrected chi connectivity index (χ3v) is 5.33. The molecule has 1 aromatic carbocycles. The number of hydrogen-bond donors (Lipinski definition) is 2. The molecule has 2 heterocycles. The van der Waals surface area contributed by atoms with Gasteiger partial charge in [-0.2, -0.15) is 13.2 Å². The van der Waals surface area contributed by atoms with Crippen LogP contribution < -0.4 is 10.6 Å². The summed E-state index contributed by atoms with van der Waals surface area (Å²) in [6.07, 6.45) is -3.80. The molecule has 0 saturated heterocycles. The van der Waals surface area contributed by atoms with Crippen LogP contribution >= 0.6 is 23.4 Å². The van der Waals surface area contributed by atoms with Crippen LogP contribution in [-0.4, -0.2) is 32.3 Å². The molecule has 12 heteroatoms. The molecule has 7 nitrogen and oxygen atoms in total. The SMILES string of the molecule is Cc1ccc(NC(=O)NC(=O)CSc2nnc3c(Cl)cc(C(F)(F)F)cn23)cc1C. The number of halogens is 4. The number of anilines is 1. The highest BCUT2D eigenvalue weighted by Gasteiger charge is 2.32. The molecule has 3 aromatic rings. The molecule has 0 radical (unpaired) electrons. The number of carbonyl (C=O) groups is 2. The highest BCUT2D eigenvalue weighted by Crippen LogP contribution is 2.33. The molecule has 0 aliphatic carbocycles. The van der Waals surface area contributed by atoms with E-state index in [9.17, 15) is 22.8 Å². The van der Waals surface area contributed by atoms with Crippen molar-refractivity contribution in [1.29, 1.82) is 0 Å². The van der Waals surface area contributed by atoms with E-state index in [0.29, 0.717) is 5.69 Å². The van der Waals surface area contributed by atoms with Crippen molar-refractivity contribution in [2.45, 2.75) is 25.2 Å². The van der Waals surface area contributed by atoms with Gasteiger partial charge in [0.1, 0.15) is 0 Å². The Labute approximate surface area is 178 Å². The van der Waals surface area contributed by atoms with Gasteiger partial charge in [-0.3, -0.25) is 14.5 Å². The van der Waals surface area contributed by atoms with E-state index < -0.39 is 23.7 Å². The van der Waals surface area contributed by atoms with Crippen LogP contribution in [0.4, 0.5) is 23.7 Å². The molecule has 0 spiro atoms. The van der Waals surface area contributed by atoms with Crippen LogP contribution in [0.2, 0.25) is 5.02 Å². The minimum atomic E-state index is -4.60. The fourth-order valence-corrected chi connectivity index (χ4v) is 3.42. The number of thioether (sulfide) groups is 1. The van der Waals surface area contributed by atoms with Crippen molar-refractivity contribution in [2.75, 3.05) is 11.1 Å². The molecule has 2 N–H and O–H groups in total. The lowest BCUT2D eigenvalue weighted by atomic mass is 10.1. The Kier molecular flexibility index (Phi) is 6.22. The van der Waals surface area contributed by atoms with E-state index in [-0.39, 0.29) is 21.6 Å². The fourth-order valence-electron chi connectivity index (χ4n) is 2.46. The van der Waals surface area contributed by atoms with E-state index in [0.717, 1.165) is 39.6 Å². The lowest BCUT2D eigenvalue weighted by Crippen LogP contribution is -2.35. The highest BCUT2D eigenvalue weighted by molar-refractivity contribution is 7.99.